The minimum absolute atomic E-state index is 0.0450. The summed E-state index contributed by atoms with van der Waals surface area (Å²) in [4.78, 5) is 41.3. The summed E-state index contributed by atoms with van der Waals surface area (Å²) in [5, 5.41) is 10.2. The van der Waals surface area contributed by atoms with Crippen LogP contribution >= 0.6 is 11.8 Å². The number of nitrogens with zero attached hydrogens (tertiary/aromatic N) is 3. The predicted molar refractivity (Wildman–Crippen MR) is 139 cm³/mol. The van der Waals surface area contributed by atoms with Gasteiger partial charge in [-0.15, -0.1) is 0 Å². The number of amidine groups is 1. The molecule has 1 saturated heterocycles. The van der Waals surface area contributed by atoms with Gasteiger partial charge in [-0.25, -0.2) is 0 Å². The van der Waals surface area contributed by atoms with Crippen molar-refractivity contribution < 1.29 is 19.1 Å². The number of benzene rings is 3. The van der Waals surface area contributed by atoms with Crippen LogP contribution in [0.25, 0.3) is 10.8 Å². The number of aliphatic imine (C=N–C) groups is 1. The normalized spacial score (nSPS) is 16.9. The third kappa shape index (κ3) is 5.58. The number of methoxy groups -OCH3 is 1. The van der Waals surface area contributed by atoms with Gasteiger partial charge in [0.2, 0.25) is 5.91 Å². The lowest BCUT2D eigenvalue weighted by Crippen LogP contribution is -2.29. The monoisotopic (exact) mass is 488 g/mol. The Hall–Kier alpha value is -3.98. The van der Waals surface area contributed by atoms with Gasteiger partial charge < -0.3 is 10.1 Å². The van der Waals surface area contributed by atoms with E-state index in [4.69, 9.17) is 4.74 Å². The second kappa shape index (κ2) is 10.5. The van der Waals surface area contributed by atoms with Gasteiger partial charge in [0.1, 0.15) is 11.0 Å². The first-order valence-corrected chi connectivity index (χ1v) is 11.8. The minimum Gasteiger partial charge on any atom is -0.497 e. The van der Waals surface area contributed by atoms with Crippen molar-refractivity contribution in [2.75, 3.05) is 19.5 Å². The number of anilines is 1. The number of carbonyl (C=O) groups is 3. The van der Waals surface area contributed by atoms with Crippen molar-refractivity contribution in [1.29, 1.82) is 0 Å². The van der Waals surface area contributed by atoms with Gasteiger partial charge in [-0.1, -0.05) is 42.1 Å². The second-order valence-electron chi connectivity index (χ2n) is 7.87. The van der Waals surface area contributed by atoms with Crippen LogP contribution in [0.5, 0.6) is 5.75 Å². The van der Waals surface area contributed by atoms with Crippen LogP contribution in [0, 0.1) is 0 Å². The van der Waals surface area contributed by atoms with E-state index in [1.54, 1.807) is 44.6 Å². The molecule has 0 spiro atoms. The first-order chi connectivity index (χ1) is 16.9. The summed E-state index contributed by atoms with van der Waals surface area (Å²) in [5.74, 6) is 0.0444. The van der Waals surface area contributed by atoms with E-state index in [0.717, 1.165) is 22.1 Å². The smallest absolute Gasteiger partial charge is 0.263 e. The van der Waals surface area contributed by atoms with Crippen LogP contribution in [0.3, 0.4) is 0 Å². The topological polar surface area (TPSA) is 100 Å². The molecule has 0 bridgehead atoms. The van der Waals surface area contributed by atoms with Crippen molar-refractivity contribution >= 4 is 57.2 Å². The lowest BCUT2D eigenvalue weighted by molar-refractivity contribution is -0.128. The maximum Gasteiger partial charge on any atom is 0.263 e. The molecule has 1 aliphatic heterocycles. The summed E-state index contributed by atoms with van der Waals surface area (Å²) in [5.41, 5.74) is 1.83. The molecule has 0 aliphatic carbocycles. The second-order valence-corrected chi connectivity index (χ2v) is 9.04. The van der Waals surface area contributed by atoms with E-state index in [2.05, 4.69) is 15.4 Å². The van der Waals surface area contributed by atoms with Crippen molar-refractivity contribution in [2.24, 2.45) is 10.1 Å². The molecule has 1 fully saturated rings. The number of nitrogens with one attached hydrogen (secondary N) is 1. The number of hydrogen-bond acceptors (Lipinski definition) is 7. The Morgan fingerprint density at radius 2 is 1.89 bits per heavy atom. The number of hydrazone groups is 1. The molecule has 1 atom stereocenters. The SMILES string of the molecule is CN=C1SC(CC(=O)Nc2cccc(C(C)=O)c2)C(=O)N1N=Cc1ccc2cc(OC)ccc2c1. The van der Waals surface area contributed by atoms with E-state index in [1.807, 2.05) is 36.4 Å². The van der Waals surface area contributed by atoms with Gasteiger partial charge in [0.25, 0.3) is 5.91 Å². The molecule has 9 heteroatoms. The molecule has 8 nitrogen and oxygen atoms in total. The minimum atomic E-state index is -0.647. The highest BCUT2D eigenvalue weighted by atomic mass is 32.2. The Morgan fingerprint density at radius 3 is 2.63 bits per heavy atom. The first kappa shape index (κ1) is 24.2. The van der Waals surface area contributed by atoms with Crippen molar-refractivity contribution in [3.8, 4) is 5.75 Å². The summed E-state index contributed by atoms with van der Waals surface area (Å²) in [6.07, 6.45) is 1.56. The Balaban J connectivity index is 1.44. The number of hydrogen-bond donors (Lipinski definition) is 1. The largest absolute Gasteiger partial charge is 0.497 e. The number of thioether (sulfide) groups is 1. The zero-order chi connectivity index (χ0) is 24.9. The molecule has 178 valence electrons. The highest BCUT2D eigenvalue weighted by Gasteiger charge is 2.39. The molecule has 2 amide bonds. The molecule has 1 heterocycles. The van der Waals surface area contributed by atoms with Crippen molar-refractivity contribution in [3.05, 3.63) is 71.8 Å². The third-order valence-corrected chi connectivity index (χ3v) is 6.64. The number of ketones is 1. The van der Waals surface area contributed by atoms with E-state index in [-0.39, 0.29) is 24.0 Å². The van der Waals surface area contributed by atoms with E-state index < -0.39 is 5.25 Å². The van der Waals surface area contributed by atoms with Gasteiger partial charge in [0.15, 0.2) is 11.0 Å². The third-order valence-electron chi connectivity index (χ3n) is 5.42. The molecule has 3 aromatic rings. The van der Waals surface area contributed by atoms with Crippen molar-refractivity contribution in [2.45, 2.75) is 18.6 Å². The molecule has 0 radical (unpaired) electrons. The Bertz CT molecular complexity index is 1370. The Morgan fingerprint density at radius 1 is 1.11 bits per heavy atom. The van der Waals surface area contributed by atoms with E-state index in [0.29, 0.717) is 16.4 Å². The Labute approximate surface area is 207 Å². The lowest BCUT2D eigenvalue weighted by atomic mass is 10.1. The summed E-state index contributed by atoms with van der Waals surface area (Å²) < 4.78 is 5.26. The summed E-state index contributed by atoms with van der Waals surface area (Å²) in [6.45, 7) is 1.46. The zero-order valence-electron chi connectivity index (χ0n) is 19.5. The Kier molecular flexibility index (Phi) is 7.26. The van der Waals surface area contributed by atoms with Crippen molar-refractivity contribution in [3.63, 3.8) is 0 Å². The van der Waals surface area contributed by atoms with Gasteiger partial charge in [0, 0.05) is 24.7 Å². The fourth-order valence-corrected chi connectivity index (χ4v) is 4.64. The fourth-order valence-electron chi connectivity index (χ4n) is 3.61. The number of fused-ring (bicyclic) bond motifs is 1. The molecular formula is C26H24N4O4S. The highest BCUT2D eigenvalue weighted by molar-refractivity contribution is 8.15. The lowest BCUT2D eigenvalue weighted by Gasteiger charge is -2.10. The molecule has 35 heavy (non-hydrogen) atoms. The van der Waals surface area contributed by atoms with Gasteiger partial charge in [-0.2, -0.15) is 10.1 Å². The van der Waals surface area contributed by atoms with Crippen molar-refractivity contribution in [1.82, 2.24) is 5.01 Å². The number of amides is 2. The first-order valence-electron chi connectivity index (χ1n) is 10.9. The van der Waals surface area contributed by atoms with Crippen LogP contribution in [-0.2, 0) is 9.59 Å². The van der Waals surface area contributed by atoms with Gasteiger partial charge in [-0.3, -0.25) is 19.4 Å². The van der Waals surface area contributed by atoms with Crippen LogP contribution < -0.4 is 10.1 Å². The van der Waals surface area contributed by atoms with Gasteiger partial charge >= 0.3 is 0 Å². The predicted octanol–water partition coefficient (Wildman–Crippen LogP) is 4.34. The average Bonchev–Trinajstić information content (AvgIpc) is 3.16. The van der Waals surface area contributed by atoms with Crippen LogP contribution in [-0.4, -0.2) is 53.4 Å². The molecule has 0 aromatic heterocycles. The van der Waals surface area contributed by atoms with Crippen LogP contribution in [0.1, 0.15) is 29.3 Å². The van der Waals surface area contributed by atoms with E-state index in [1.165, 1.54) is 23.7 Å². The molecule has 0 saturated carbocycles. The van der Waals surface area contributed by atoms with Crippen LogP contribution in [0.4, 0.5) is 5.69 Å². The average molecular weight is 489 g/mol. The van der Waals surface area contributed by atoms with E-state index >= 15 is 0 Å². The zero-order valence-corrected chi connectivity index (χ0v) is 20.3. The maximum atomic E-state index is 13.0. The quantitative estimate of drug-likeness (QED) is 0.394. The molecule has 4 rings (SSSR count). The fraction of sp³-hybridized carbons (Fsp3) is 0.192. The van der Waals surface area contributed by atoms with Gasteiger partial charge in [-0.05, 0) is 53.6 Å². The highest BCUT2D eigenvalue weighted by Crippen LogP contribution is 2.30. The van der Waals surface area contributed by atoms with E-state index in [9.17, 15) is 14.4 Å². The summed E-state index contributed by atoms with van der Waals surface area (Å²) in [6, 6.07) is 18.3. The molecular weight excluding hydrogens is 464 g/mol. The van der Waals surface area contributed by atoms with Crippen LogP contribution in [0.2, 0.25) is 0 Å². The van der Waals surface area contributed by atoms with Gasteiger partial charge in [0.05, 0.1) is 13.3 Å². The maximum absolute atomic E-state index is 13.0. The summed E-state index contributed by atoms with van der Waals surface area (Å²) in [7, 11) is 3.21. The molecule has 1 N–H and O–H groups in total. The number of carbonyl (C=O) groups excluding carboxylic acids is 3. The standard InChI is InChI=1S/C26H24N4O4S/c1-16(31)18-5-4-6-21(12-18)29-24(32)14-23-25(33)30(26(27-2)35-23)28-15-17-7-8-20-13-22(34-3)10-9-19(20)11-17/h4-13,15,23H,14H2,1-3H3,(H,29,32). The number of ether oxygens (including phenoxy) is 1. The number of Topliss-reactive ketones (excluding diaryl/α,β-unsaturated/α-hetero) is 1. The molecule has 3 aromatic carbocycles. The number of rotatable bonds is 7. The summed E-state index contributed by atoms with van der Waals surface area (Å²) >= 11 is 1.20. The van der Waals surface area contributed by atoms with Crippen LogP contribution in [0.15, 0.2) is 70.8 Å². The molecule has 1 aliphatic rings. The molecule has 1 unspecified atom stereocenters.